The Balaban J connectivity index is 1.21. The Hall–Kier alpha value is -3.64. The van der Waals surface area contributed by atoms with Gasteiger partial charge in [0.2, 0.25) is 11.9 Å². The zero-order valence-electron chi connectivity index (χ0n) is 22.9. The van der Waals surface area contributed by atoms with Gasteiger partial charge in [-0.1, -0.05) is 0 Å². The van der Waals surface area contributed by atoms with Crippen LogP contribution in [0.5, 0.6) is 0 Å². The van der Waals surface area contributed by atoms with Crippen molar-refractivity contribution < 1.29 is 56.9 Å². The lowest BCUT2D eigenvalue weighted by atomic mass is 10.1. The SMILES string of the molecule is Nc1nc(N)c2ncn([C@@H]3O[C@@H]4COP(=O)(O)O[C@@H]5[C@H](O)[C@@H](OCP(=O)(O)O[C@H]4[C@H]3O)O[C@H]5n3cnc4c(=O)[nH]c(N)nc43)c2n1. The van der Waals surface area contributed by atoms with E-state index in [-0.39, 0.29) is 40.0 Å². The summed E-state index contributed by atoms with van der Waals surface area (Å²) in [5, 5.41) is 22.1. The average Bonchev–Trinajstić information content (AvgIpc) is 3.72. The number of hydrogen-bond donors (Lipinski definition) is 8. The number of nitrogens with one attached hydrogen (secondary N) is 1. The molecular weight excluding hydrogens is 664 g/mol. The van der Waals surface area contributed by atoms with Crippen LogP contribution in [0.4, 0.5) is 17.7 Å². The van der Waals surface area contributed by atoms with E-state index in [1.54, 1.807) is 0 Å². The van der Waals surface area contributed by atoms with Crippen molar-refractivity contribution in [2.24, 2.45) is 0 Å². The van der Waals surface area contributed by atoms with Gasteiger partial charge in [0.15, 0.2) is 47.7 Å². The molecule has 4 aromatic heterocycles. The number of H-pyrrole nitrogens is 1. The first-order valence-electron chi connectivity index (χ1n) is 13.1. The first-order chi connectivity index (χ1) is 21.7. The number of nitrogens with zero attached hydrogens (tertiary/aromatic N) is 7. The summed E-state index contributed by atoms with van der Waals surface area (Å²) in [4.78, 5) is 55.8. The lowest BCUT2D eigenvalue weighted by molar-refractivity contribution is -0.168. The van der Waals surface area contributed by atoms with Crippen LogP contribution in [0.15, 0.2) is 17.4 Å². The molecule has 0 aromatic carbocycles. The summed E-state index contributed by atoms with van der Waals surface area (Å²) in [6, 6.07) is 0. The molecular formula is C20H25N11O13P2. The maximum absolute atomic E-state index is 13.2. The van der Waals surface area contributed by atoms with Gasteiger partial charge in [0.05, 0.1) is 19.3 Å². The third kappa shape index (κ3) is 5.33. The van der Waals surface area contributed by atoms with E-state index in [4.69, 9.17) is 45.0 Å². The third-order valence-corrected chi connectivity index (χ3v) is 9.32. The predicted molar refractivity (Wildman–Crippen MR) is 148 cm³/mol. The van der Waals surface area contributed by atoms with Crippen molar-refractivity contribution in [3.63, 3.8) is 0 Å². The Bertz CT molecular complexity index is 1990. The quantitative estimate of drug-likeness (QED) is 0.0988. The van der Waals surface area contributed by atoms with Crippen LogP contribution in [0.3, 0.4) is 0 Å². The monoisotopic (exact) mass is 689 g/mol. The van der Waals surface area contributed by atoms with Crippen molar-refractivity contribution in [3.8, 4) is 0 Å². The van der Waals surface area contributed by atoms with Gasteiger partial charge in [-0.25, -0.2) is 14.5 Å². The molecule has 3 saturated heterocycles. The minimum atomic E-state index is -5.15. The Kier molecular flexibility index (Phi) is 7.39. The zero-order valence-corrected chi connectivity index (χ0v) is 24.7. The molecule has 2 unspecified atom stereocenters. The van der Waals surface area contributed by atoms with Gasteiger partial charge in [-0.15, -0.1) is 0 Å². The fourth-order valence-electron chi connectivity index (χ4n) is 5.32. The number of imidazole rings is 2. The number of phosphoric ester groups is 1. The number of aromatic nitrogens is 8. The molecule has 3 aliphatic rings. The van der Waals surface area contributed by atoms with Crippen LogP contribution in [0, 0.1) is 0 Å². The van der Waals surface area contributed by atoms with Crippen LogP contribution in [-0.2, 0) is 36.9 Å². The van der Waals surface area contributed by atoms with E-state index in [0.717, 1.165) is 10.9 Å². The summed E-state index contributed by atoms with van der Waals surface area (Å²) in [6.07, 6.45) is -12.1. The van der Waals surface area contributed by atoms with Crippen molar-refractivity contribution in [3.05, 3.63) is 23.0 Å². The van der Waals surface area contributed by atoms with Gasteiger partial charge < -0.3 is 51.4 Å². The topological polar surface area (TPSA) is 356 Å². The van der Waals surface area contributed by atoms with Gasteiger partial charge in [0.1, 0.15) is 36.0 Å². The Morgan fingerprint density at radius 3 is 2.35 bits per heavy atom. The van der Waals surface area contributed by atoms with Gasteiger partial charge >= 0.3 is 15.4 Å². The largest absolute Gasteiger partial charge is 0.472 e. The number of rotatable bonds is 2. The number of fused-ring (bicyclic) bond motifs is 5. The second kappa shape index (κ2) is 11.0. The van der Waals surface area contributed by atoms with Crippen molar-refractivity contribution in [1.29, 1.82) is 0 Å². The van der Waals surface area contributed by atoms with E-state index in [0.29, 0.717) is 0 Å². The number of ether oxygens (including phenoxy) is 3. The number of nitrogens with two attached hydrogens (primary N) is 3. The Labute approximate surface area is 254 Å². The molecule has 0 radical (unpaired) electrons. The van der Waals surface area contributed by atoms with Crippen molar-refractivity contribution in [2.75, 3.05) is 30.2 Å². The molecule has 0 aliphatic carbocycles. The molecule has 0 saturated carbocycles. The van der Waals surface area contributed by atoms with Gasteiger partial charge in [0, 0.05) is 0 Å². The molecule has 10 atom stereocenters. The summed E-state index contributed by atoms with van der Waals surface area (Å²) in [6.45, 7) is -0.849. The molecule has 2 bridgehead atoms. The van der Waals surface area contributed by atoms with Crippen molar-refractivity contribution in [1.82, 2.24) is 39.0 Å². The molecule has 248 valence electrons. The molecule has 0 spiro atoms. The van der Waals surface area contributed by atoms with E-state index in [2.05, 4.69) is 29.9 Å². The van der Waals surface area contributed by atoms with E-state index in [1.807, 2.05) is 0 Å². The molecule has 4 aromatic rings. The number of hydrogen-bond acceptors (Lipinski definition) is 19. The zero-order chi connectivity index (χ0) is 32.7. The first-order valence-corrected chi connectivity index (χ1v) is 16.4. The van der Waals surface area contributed by atoms with E-state index >= 15 is 0 Å². The molecule has 7 heterocycles. The molecule has 24 nitrogen and oxygen atoms in total. The van der Waals surface area contributed by atoms with Crippen LogP contribution >= 0.6 is 15.4 Å². The highest BCUT2D eigenvalue weighted by atomic mass is 31.2. The maximum atomic E-state index is 13.2. The van der Waals surface area contributed by atoms with Gasteiger partial charge in [0.25, 0.3) is 5.56 Å². The maximum Gasteiger partial charge on any atom is 0.472 e. The highest BCUT2D eigenvalue weighted by Gasteiger charge is 2.54. The van der Waals surface area contributed by atoms with Crippen LogP contribution in [0.2, 0.25) is 0 Å². The number of aliphatic hydroxyl groups excluding tert-OH is 2. The predicted octanol–water partition coefficient (Wildman–Crippen LogP) is -2.76. The van der Waals surface area contributed by atoms with Crippen molar-refractivity contribution in [2.45, 2.75) is 49.3 Å². The van der Waals surface area contributed by atoms with Crippen LogP contribution in [0.25, 0.3) is 22.3 Å². The van der Waals surface area contributed by atoms with Gasteiger partial charge in [-0.3, -0.25) is 37.0 Å². The van der Waals surface area contributed by atoms with Crippen LogP contribution in [0.1, 0.15) is 12.5 Å². The van der Waals surface area contributed by atoms with Crippen LogP contribution in [-0.4, -0.2) is 109 Å². The van der Waals surface area contributed by atoms with E-state index < -0.39 is 83.2 Å². The molecule has 3 fully saturated rings. The fourth-order valence-corrected chi connectivity index (χ4v) is 7.29. The lowest BCUT2D eigenvalue weighted by Crippen LogP contribution is -2.36. The average molecular weight is 689 g/mol. The Morgan fingerprint density at radius 2 is 1.59 bits per heavy atom. The summed E-state index contributed by atoms with van der Waals surface area (Å²) in [7, 11) is -9.97. The fraction of sp³-hybridized carbons (Fsp3) is 0.500. The van der Waals surface area contributed by atoms with Gasteiger partial charge in [-0.2, -0.15) is 15.0 Å². The number of phosphoric acid groups is 1. The van der Waals surface area contributed by atoms with E-state index in [9.17, 15) is 33.9 Å². The smallest absolute Gasteiger partial charge is 0.386 e. The number of anilines is 3. The van der Waals surface area contributed by atoms with E-state index in [1.165, 1.54) is 10.9 Å². The summed E-state index contributed by atoms with van der Waals surface area (Å²) >= 11 is 0. The van der Waals surface area contributed by atoms with Crippen LogP contribution < -0.4 is 22.8 Å². The highest BCUT2D eigenvalue weighted by Crippen LogP contribution is 2.53. The molecule has 3 aliphatic heterocycles. The Morgan fingerprint density at radius 1 is 0.891 bits per heavy atom. The number of aliphatic hydroxyl groups is 2. The number of nitrogen functional groups attached to an aromatic ring is 3. The second-order valence-electron chi connectivity index (χ2n) is 10.3. The summed E-state index contributed by atoms with van der Waals surface area (Å²) in [5.74, 6) is -0.586. The molecule has 7 rings (SSSR count). The highest BCUT2D eigenvalue weighted by molar-refractivity contribution is 7.52. The first kappa shape index (κ1) is 31.0. The normalized spacial score (nSPS) is 37.1. The molecule has 46 heavy (non-hydrogen) atoms. The molecule has 11 N–H and O–H groups in total. The molecule has 26 heteroatoms. The number of aromatic amines is 1. The summed E-state index contributed by atoms with van der Waals surface area (Å²) < 4.78 is 61.4. The molecule has 0 amide bonds. The summed E-state index contributed by atoms with van der Waals surface area (Å²) in [5.41, 5.74) is 16.3. The van der Waals surface area contributed by atoms with Crippen molar-refractivity contribution >= 4 is 55.5 Å². The second-order valence-corrected chi connectivity index (χ2v) is 13.5. The third-order valence-electron chi connectivity index (χ3n) is 7.29. The minimum Gasteiger partial charge on any atom is -0.386 e. The van der Waals surface area contributed by atoms with Gasteiger partial charge in [-0.05, 0) is 0 Å². The lowest BCUT2D eigenvalue weighted by Gasteiger charge is -2.25. The minimum absolute atomic E-state index is 0.0365. The standard InChI is InChI=1S/C20H25N11O13P2/c21-12-6-13(27-19(22)26-12)30(2-24-6)16-8(32)10-5(41-16)1-40-46(37,38)44-11-9(33)18(39-4-45(35,36)43-10)42-17(11)31-3-25-7-14(31)28-20(23)29-15(7)34/h2-3,5,8-11,16-18,32-33H,1,4H2,(H,35,36)(H,37,38)(H4,21,22,26,27)(H3,23,28,29,34)/t5-,8-,9+,10-,11-,16-,17-,18+/m1/s1.